The van der Waals surface area contributed by atoms with Gasteiger partial charge in [0.1, 0.15) is 0 Å². The van der Waals surface area contributed by atoms with E-state index in [0.29, 0.717) is 17.0 Å². The first kappa shape index (κ1) is 15.3. The highest BCUT2D eigenvalue weighted by Gasteiger charge is 2.42. The van der Waals surface area contributed by atoms with E-state index in [1.54, 1.807) is 0 Å². The minimum atomic E-state index is 0.314. The van der Waals surface area contributed by atoms with Crippen LogP contribution in [0.5, 0.6) is 0 Å². The summed E-state index contributed by atoms with van der Waals surface area (Å²) in [4.78, 5) is 2.82. The summed E-state index contributed by atoms with van der Waals surface area (Å²) in [6, 6.07) is 1.47. The Morgan fingerprint density at radius 2 is 1.74 bits per heavy atom. The van der Waals surface area contributed by atoms with Crippen molar-refractivity contribution in [3.63, 3.8) is 0 Å². The van der Waals surface area contributed by atoms with Gasteiger partial charge in [-0.05, 0) is 50.9 Å². The van der Waals surface area contributed by atoms with Gasteiger partial charge < -0.3 is 5.32 Å². The third-order valence-electron chi connectivity index (χ3n) is 4.85. The van der Waals surface area contributed by atoms with Gasteiger partial charge in [0.25, 0.3) is 0 Å². The van der Waals surface area contributed by atoms with E-state index in [4.69, 9.17) is 0 Å². The van der Waals surface area contributed by atoms with Crippen LogP contribution >= 0.6 is 0 Å². The Labute approximate surface area is 120 Å². The lowest BCUT2D eigenvalue weighted by Crippen LogP contribution is -2.63. The predicted octanol–water partition coefficient (Wildman–Crippen LogP) is 3.66. The van der Waals surface area contributed by atoms with Gasteiger partial charge in [-0.3, -0.25) is 4.90 Å². The first-order chi connectivity index (χ1) is 8.73. The van der Waals surface area contributed by atoms with Crippen LogP contribution in [0.1, 0.15) is 67.2 Å². The van der Waals surface area contributed by atoms with Crippen LogP contribution in [0.4, 0.5) is 0 Å². The smallest absolute Gasteiger partial charge is 0.0224 e. The maximum absolute atomic E-state index is 3.81. The SMILES string of the molecule is CCC1CNC(C2CC2)CN1C(C)(C)CC(C)(C)C. The van der Waals surface area contributed by atoms with Gasteiger partial charge in [0.15, 0.2) is 0 Å². The fourth-order valence-corrected chi connectivity index (χ4v) is 4.14. The fourth-order valence-electron chi connectivity index (χ4n) is 4.14. The Morgan fingerprint density at radius 1 is 1.11 bits per heavy atom. The van der Waals surface area contributed by atoms with Gasteiger partial charge >= 0.3 is 0 Å². The molecule has 0 spiro atoms. The molecule has 112 valence electrons. The number of nitrogens with zero attached hydrogens (tertiary/aromatic N) is 1. The highest BCUT2D eigenvalue weighted by molar-refractivity contribution is 4.99. The van der Waals surface area contributed by atoms with Crippen molar-refractivity contribution in [2.24, 2.45) is 11.3 Å². The highest BCUT2D eigenvalue weighted by atomic mass is 15.3. The Balaban J connectivity index is 2.07. The quantitative estimate of drug-likeness (QED) is 0.835. The van der Waals surface area contributed by atoms with Gasteiger partial charge in [-0.15, -0.1) is 0 Å². The minimum Gasteiger partial charge on any atom is -0.311 e. The summed E-state index contributed by atoms with van der Waals surface area (Å²) >= 11 is 0. The van der Waals surface area contributed by atoms with Crippen LogP contribution in [0, 0.1) is 11.3 Å². The van der Waals surface area contributed by atoms with Gasteiger partial charge in [0, 0.05) is 30.7 Å². The first-order valence-corrected chi connectivity index (χ1v) is 8.23. The molecule has 2 nitrogen and oxygen atoms in total. The summed E-state index contributed by atoms with van der Waals surface area (Å²) in [7, 11) is 0. The van der Waals surface area contributed by atoms with Gasteiger partial charge in [-0.2, -0.15) is 0 Å². The lowest BCUT2D eigenvalue weighted by Gasteiger charge is -2.51. The molecule has 2 atom stereocenters. The molecule has 2 fully saturated rings. The Bertz CT molecular complexity index is 299. The summed E-state index contributed by atoms with van der Waals surface area (Å²) in [6.45, 7) is 16.8. The summed E-state index contributed by atoms with van der Waals surface area (Å²) in [5.41, 5.74) is 0.718. The number of nitrogens with one attached hydrogen (secondary N) is 1. The van der Waals surface area contributed by atoms with Crippen LogP contribution in [0.2, 0.25) is 0 Å². The lowest BCUT2D eigenvalue weighted by molar-refractivity contribution is 0.00218. The van der Waals surface area contributed by atoms with E-state index in [1.165, 1.54) is 38.8 Å². The first-order valence-electron chi connectivity index (χ1n) is 8.23. The van der Waals surface area contributed by atoms with E-state index in [2.05, 4.69) is 51.8 Å². The predicted molar refractivity (Wildman–Crippen MR) is 83.5 cm³/mol. The molecule has 2 rings (SSSR count). The summed E-state index contributed by atoms with van der Waals surface area (Å²) in [6.07, 6.45) is 5.43. The van der Waals surface area contributed by atoms with Crippen molar-refractivity contribution in [2.45, 2.75) is 84.8 Å². The van der Waals surface area contributed by atoms with E-state index >= 15 is 0 Å². The van der Waals surface area contributed by atoms with E-state index in [0.717, 1.165) is 12.0 Å². The third-order valence-corrected chi connectivity index (χ3v) is 4.85. The summed E-state index contributed by atoms with van der Waals surface area (Å²) in [5, 5.41) is 3.81. The van der Waals surface area contributed by atoms with E-state index in [1.807, 2.05) is 0 Å². The van der Waals surface area contributed by atoms with Crippen LogP contribution in [-0.2, 0) is 0 Å². The van der Waals surface area contributed by atoms with Crippen LogP contribution in [-0.4, -0.2) is 35.6 Å². The second-order valence-corrected chi connectivity index (χ2v) is 8.62. The molecule has 0 aromatic heterocycles. The van der Waals surface area contributed by atoms with Crippen LogP contribution in [0.15, 0.2) is 0 Å². The molecule has 0 aromatic rings. The van der Waals surface area contributed by atoms with Crippen molar-refractivity contribution < 1.29 is 0 Å². The van der Waals surface area contributed by atoms with Crippen molar-refractivity contribution in [1.29, 1.82) is 0 Å². The molecule has 1 aliphatic carbocycles. The minimum absolute atomic E-state index is 0.314. The van der Waals surface area contributed by atoms with Crippen molar-refractivity contribution in [3.8, 4) is 0 Å². The molecule has 0 radical (unpaired) electrons. The van der Waals surface area contributed by atoms with E-state index in [9.17, 15) is 0 Å². The average molecular weight is 266 g/mol. The van der Waals surface area contributed by atoms with Gasteiger partial charge in [0.05, 0.1) is 0 Å². The molecule has 1 N–H and O–H groups in total. The highest BCUT2D eigenvalue weighted by Crippen LogP contribution is 2.38. The molecule has 19 heavy (non-hydrogen) atoms. The van der Waals surface area contributed by atoms with Crippen molar-refractivity contribution in [2.75, 3.05) is 13.1 Å². The van der Waals surface area contributed by atoms with Crippen molar-refractivity contribution >= 4 is 0 Å². The van der Waals surface area contributed by atoms with Gasteiger partial charge in [-0.1, -0.05) is 27.7 Å². The molecule has 1 saturated carbocycles. The molecule has 2 unspecified atom stereocenters. The maximum Gasteiger partial charge on any atom is 0.0224 e. The number of hydrogen-bond acceptors (Lipinski definition) is 2. The molecule has 0 aromatic carbocycles. The molecule has 1 saturated heterocycles. The largest absolute Gasteiger partial charge is 0.311 e. The van der Waals surface area contributed by atoms with Crippen LogP contribution in [0.3, 0.4) is 0 Å². The summed E-state index contributed by atoms with van der Waals surface area (Å²) in [5.74, 6) is 0.964. The molecule has 2 heteroatoms. The van der Waals surface area contributed by atoms with Crippen LogP contribution in [0.25, 0.3) is 0 Å². The molecule has 1 aliphatic heterocycles. The summed E-state index contributed by atoms with van der Waals surface area (Å²) < 4.78 is 0. The van der Waals surface area contributed by atoms with Gasteiger partial charge in [0.2, 0.25) is 0 Å². The van der Waals surface area contributed by atoms with Crippen molar-refractivity contribution in [1.82, 2.24) is 10.2 Å². The zero-order chi connectivity index (χ0) is 14.3. The van der Waals surface area contributed by atoms with E-state index in [-0.39, 0.29) is 0 Å². The Kier molecular flexibility index (Phi) is 4.32. The molecular formula is C17H34N2. The zero-order valence-electron chi connectivity index (χ0n) is 13.9. The third kappa shape index (κ3) is 3.95. The number of rotatable bonds is 4. The molecule has 1 heterocycles. The van der Waals surface area contributed by atoms with Crippen LogP contribution < -0.4 is 5.32 Å². The van der Waals surface area contributed by atoms with E-state index < -0.39 is 0 Å². The zero-order valence-corrected chi connectivity index (χ0v) is 13.9. The maximum atomic E-state index is 3.81. The number of hydrogen-bond donors (Lipinski definition) is 1. The normalized spacial score (nSPS) is 30.6. The second kappa shape index (κ2) is 5.37. The molecule has 0 bridgehead atoms. The lowest BCUT2D eigenvalue weighted by atomic mass is 9.79. The number of piperazine rings is 1. The fraction of sp³-hybridized carbons (Fsp3) is 1.00. The monoisotopic (exact) mass is 266 g/mol. The van der Waals surface area contributed by atoms with Crippen molar-refractivity contribution in [3.05, 3.63) is 0 Å². The topological polar surface area (TPSA) is 15.3 Å². The standard InChI is InChI=1S/C17H34N2/c1-7-14-10-18-15(13-8-9-13)11-19(14)17(5,6)12-16(2,3)4/h13-15,18H,7-12H2,1-6H3. The molecular weight excluding hydrogens is 232 g/mol. The Morgan fingerprint density at radius 3 is 2.21 bits per heavy atom. The molecule has 0 amide bonds. The second-order valence-electron chi connectivity index (χ2n) is 8.62. The average Bonchev–Trinajstić information content (AvgIpc) is 3.08. The Hall–Kier alpha value is -0.0800. The van der Waals surface area contributed by atoms with Gasteiger partial charge in [-0.25, -0.2) is 0 Å². The molecule has 2 aliphatic rings.